The maximum atomic E-state index is 12.3. The van der Waals surface area contributed by atoms with Crippen molar-refractivity contribution in [1.29, 1.82) is 0 Å². The number of likely N-dealkylation sites (tertiary alicyclic amines) is 1. The van der Waals surface area contributed by atoms with Gasteiger partial charge in [0, 0.05) is 18.5 Å². The Bertz CT molecular complexity index is 382. The predicted molar refractivity (Wildman–Crippen MR) is 76.6 cm³/mol. The van der Waals surface area contributed by atoms with Gasteiger partial charge in [0.05, 0.1) is 5.56 Å². The molecule has 3 nitrogen and oxygen atoms in total. The number of halogens is 1. The van der Waals surface area contributed by atoms with E-state index in [4.69, 9.17) is 0 Å². The van der Waals surface area contributed by atoms with Crippen LogP contribution in [0.25, 0.3) is 0 Å². The van der Waals surface area contributed by atoms with Crippen molar-refractivity contribution in [3.05, 3.63) is 22.4 Å². The van der Waals surface area contributed by atoms with Gasteiger partial charge in [-0.3, -0.25) is 4.79 Å². The second-order valence-corrected chi connectivity index (χ2v) is 5.84. The summed E-state index contributed by atoms with van der Waals surface area (Å²) in [4.78, 5) is 14.3. The third kappa shape index (κ3) is 2.71. The van der Waals surface area contributed by atoms with E-state index in [0.29, 0.717) is 0 Å². The molecule has 18 heavy (non-hydrogen) atoms. The van der Waals surface area contributed by atoms with Gasteiger partial charge in [0.15, 0.2) is 0 Å². The summed E-state index contributed by atoms with van der Waals surface area (Å²) >= 11 is 1.60. The molecular formula is C13H19ClN2OS. The molecule has 2 fully saturated rings. The molecule has 3 heterocycles. The smallest absolute Gasteiger partial charge is 0.254 e. The molecule has 0 bridgehead atoms. The van der Waals surface area contributed by atoms with Gasteiger partial charge in [-0.05, 0) is 49.2 Å². The Hall–Kier alpha value is -0.580. The number of rotatable bonds is 1. The molecule has 0 aromatic carbocycles. The van der Waals surface area contributed by atoms with Crippen molar-refractivity contribution in [3.63, 3.8) is 0 Å². The molecule has 2 aliphatic heterocycles. The summed E-state index contributed by atoms with van der Waals surface area (Å²) in [6.45, 7) is 4.14. The zero-order valence-corrected chi connectivity index (χ0v) is 11.9. The van der Waals surface area contributed by atoms with Gasteiger partial charge in [-0.2, -0.15) is 11.3 Å². The largest absolute Gasteiger partial charge is 0.339 e. The van der Waals surface area contributed by atoms with E-state index >= 15 is 0 Å². The molecule has 5 heteroatoms. The van der Waals surface area contributed by atoms with Crippen LogP contribution in [0.2, 0.25) is 0 Å². The molecule has 1 N–H and O–H groups in total. The maximum Gasteiger partial charge on any atom is 0.254 e. The Labute approximate surface area is 118 Å². The fraction of sp³-hybridized carbons (Fsp3) is 0.615. The standard InChI is InChI=1S/C13H18N2OS.ClH/c16-13(12-3-6-17-9-12)15-4-1-10-7-14-8-11(10)2-5-15;/h3,6,9-11,14H,1-2,4-5,7-8H2;1H/t10-,11+;. The van der Waals surface area contributed by atoms with Crippen molar-refractivity contribution in [2.45, 2.75) is 12.8 Å². The minimum atomic E-state index is 0. The minimum absolute atomic E-state index is 0. The number of nitrogens with zero attached hydrogens (tertiary/aromatic N) is 1. The summed E-state index contributed by atoms with van der Waals surface area (Å²) in [6.07, 6.45) is 2.32. The van der Waals surface area contributed by atoms with E-state index in [1.807, 2.05) is 21.7 Å². The fourth-order valence-electron chi connectivity index (χ4n) is 2.99. The average molecular weight is 287 g/mol. The molecule has 0 unspecified atom stereocenters. The monoisotopic (exact) mass is 286 g/mol. The van der Waals surface area contributed by atoms with Crippen LogP contribution in [0.4, 0.5) is 0 Å². The van der Waals surface area contributed by atoms with E-state index in [9.17, 15) is 4.79 Å². The third-order valence-electron chi connectivity index (χ3n) is 4.07. The quantitative estimate of drug-likeness (QED) is 0.859. The van der Waals surface area contributed by atoms with Crippen LogP contribution in [0.3, 0.4) is 0 Å². The number of carbonyl (C=O) groups excluding carboxylic acids is 1. The maximum absolute atomic E-state index is 12.3. The number of thiophene rings is 1. The molecule has 2 aliphatic rings. The van der Waals surface area contributed by atoms with Crippen LogP contribution in [0.1, 0.15) is 23.2 Å². The summed E-state index contributed by atoms with van der Waals surface area (Å²) in [5, 5.41) is 7.39. The summed E-state index contributed by atoms with van der Waals surface area (Å²) < 4.78 is 0. The van der Waals surface area contributed by atoms with Gasteiger partial charge in [0.1, 0.15) is 0 Å². The highest BCUT2D eigenvalue weighted by Crippen LogP contribution is 2.27. The summed E-state index contributed by atoms with van der Waals surface area (Å²) in [5.74, 6) is 1.80. The molecule has 0 saturated carbocycles. The highest BCUT2D eigenvalue weighted by molar-refractivity contribution is 7.08. The lowest BCUT2D eigenvalue weighted by atomic mass is 9.92. The Morgan fingerprint density at radius 3 is 2.50 bits per heavy atom. The first-order valence-electron chi connectivity index (χ1n) is 6.37. The van der Waals surface area contributed by atoms with Crippen LogP contribution < -0.4 is 5.32 Å². The first-order chi connectivity index (χ1) is 8.34. The zero-order valence-electron chi connectivity index (χ0n) is 10.3. The molecule has 100 valence electrons. The van der Waals surface area contributed by atoms with Gasteiger partial charge >= 0.3 is 0 Å². The molecule has 1 amide bonds. The van der Waals surface area contributed by atoms with E-state index in [-0.39, 0.29) is 18.3 Å². The summed E-state index contributed by atoms with van der Waals surface area (Å²) in [5.41, 5.74) is 0.861. The molecule has 2 atom stereocenters. The Kier molecular flexibility index (Phi) is 4.65. The topological polar surface area (TPSA) is 32.3 Å². The van der Waals surface area contributed by atoms with Crippen LogP contribution in [-0.4, -0.2) is 37.0 Å². The predicted octanol–water partition coefficient (Wildman–Crippen LogP) is 2.24. The Morgan fingerprint density at radius 2 is 1.94 bits per heavy atom. The summed E-state index contributed by atoms with van der Waals surface area (Å²) in [6, 6.07) is 1.93. The molecule has 3 rings (SSSR count). The van der Waals surface area contributed by atoms with E-state index in [2.05, 4.69) is 5.32 Å². The SMILES string of the molecule is Cl.O=C(c1ccsc1)N1CC[C@@H]2CNC[C@@H]2CC1. The highest BCUT2D eigenvalue weighted by atomic mass is 35.5. The fourth-order valence-corrected chi connectivity index (χ4v) is 3.62. The van der Waals surface area contributed by atoms with Crippen molar-refractivity contribution in [1.82, 2.24) is 10.2 Å². The molecule has 0 aliphatic carbocycles. The molecule has 1 aromatic rings. The van der Waals surface area contributed by atoms with Crippen molar-refractivity contribution < 1.29 is 4.79 Å². The number of fused-ring (bicyclic) bond motifs is 1. The average Bonchev–Trinajstić information content (AvgIpc) is 2.97. The second-order valence-electron chi connectivity index (χ2n) is 5.06. The van der Waals surface area contributed by atoms with Crippen LogP contribution in [0.5, 0.6) is 0 Å². The molecular weight excluding hydrogens is 268 g/mol. The van der Waals surface area contributed by atoms with Gasteiger partial charge in [0.2, 0.25) is 0 Å². The van der Waals surface area contributed by atoms with Gasteiger partial charge < -0.3 is 10.2 Å². The van der Waals surface area contributed by atoms with Gasteiger partial charge in [-0.1, -0.05) is 0 Å². The van der Waals surface area contributed by atoms with Crippen LogP contribution in [0.15, 0.2) is 16.8 Å². The first kappa shape index (κ1) is 13.8. The molecule has 1 aromatic heterocycles. The van der Waals surface area contributed by atoms with Gasteiger partial charge in [-0.25, -0.2) is 0 Å². The third-order valence-corrected chi connectivity index (χ3v) is 4.76. The zero-order chi connectivity index (χ0) is 11.7. The van der Waals surface area contributed by atoms with E-state index < -0.39 is 0 Å². The number of hydrogen-bond donors (Lipinski definition) is 1. The van der Waals surface area contributed by atoms with E-state index in [1.54, 1.807) is 11.3 Å². The first-order valence-corrected chi connectivity index (χ1v) is 7.31. The van der Waals surface area contributed by atoms with E-state index in [0.717, 1.165) is 56.4 Å². The second kappa shape index (κ2) is 6.04. The number of carbonyl (C=O) groups is 1. The van der Waals surface area contributed by atoms with Crippen LogP contribution in [0, 0.1) is 11.8 Å². The van der Waals surface area contributed by atoms with E-state index in [1.165, 1.54) is 0 Å². The Balaban J connectivity index is 0.00000120. The molecule has 0 radical (unpaired) electrons. The lowest BCUT2D eigenvalue weighted by Crippen LogP contribution is -2.32. The van der Waals surface area contributed by atoms with Crippen LogP contribution >= 0.6 is 23.7 Å². The lowest BCUT2D eigenvalue weighted by Gasteiger charge is -2.20. The molecule has 0 spiro atoms. The minimum Gasteiger partial charge on any atom is -0.339 e. The summed E-state index contributed by atoms with van der Waals surface area (Å²) in [7, 11) is 0. The van der Waals surface area contributed by atoms with Gasteiger partial charge in [0.25, 0.3) is 5.91 Å². The number of nitrogens with one attached hydrogen (secondary N) is 1. The highest BCUT2D eigenvalue weighted by Gasteiger charge is 2.31. The van der Waals surface area contributed by atoms with Crippen molar-refractivity contribution >= 4 is 29.7 Å². The number of amides is 1. The molecule has 2 saturated heterocycles. The number of hydrogen-bond acceptors (Lipinski definition) is 3. The normalized spacial score (nSPS) is 27.2. The van der Waals surface area contributed by atoms with Crippen molar-refractivity contribution in [2.24, 2.45) is 11.8 Å². The van der Waals surface area contributed by atoms with Crippen molar-refractivity contribution in [2.75, 3.05) is 26.2 Å². The Morgan fingerprint density at radius 1 is 1.28 bits per heavy atom. The van der Waals surface area contributed by atoms with Crippen LogP contribution in [-0.2, 0) is 0 Å². The lowest BCUT2D eigenvalue weighted by molar-refractivity contribution is 0.0759. The van der Waals surface area contributed by atoms with Gasteiger partial charge in [-0.15, -0.1) is 12.4 Å². The van der Waals surface area contributed by atoms with Crippen molar-refractivity contribution in [3.8, 4) is 0 Å².